The average molecular weight is 307 g/mol. The van der Waals surface area contributed by atoms with E-state index in [-0.39, 0.29) is 11.6 Å². The van der Waals surface area contributed by atoms with Crippen molar-refractivity contribution >= 4 is 11.8 Å². The predicted molar refractivity (Wildman–Crippen MR) is 87.8 cm³/mol. The van der Waals surface area contributed by atoms with Gasteiger partial charge >= 0.3 is 0 Å². The molecule has 21 heavy (non-hydrogen) atoms. The number of aryl methyl sites for hydroxylation is 1. The van der Waals surface area contributed by atoms with Gasteiger partial charge in [0.2, 0.25) is 0 Å². The van der Waals surface area contributed by atoms with Gasteiger partial charge in [0.05, 0.1) is 5.54 Å². The molecular weight excluding hydrogens is 282 g/mol. The molecule has 0 saturated heterocycles. The zero-order valence-electron chi connectivity index (χ0n) is 13.6. The summed E-state index contributed by atoms with van der Waals surface area (Å²) in [5.41, 5.74) is -0.0828. The molecule has 0 saturated carbocycles. The van der Waals surface area contributed by atoms with Gasteiger partial charge in [0.25, 0.3) is 0 Å². The molecule has 0 spiro atoms. The molecule has 2 rings (SSSR count). The van der Waals surface area contributed by atoms with Crippen molar-refractivity contribution in [3.8, 4) is 0 Å². The molecule has 0 aliphatic carbocycles. The normalized spacial score (nSPS) is 13.6. The second-order valence-corrected chi connectivity index (χ2v) is 7.11. The van der Waals surface area contributed by atoms with Gasteiger partial charge < -0.3 is 0 Å². The van der Waals surface area contributed by atoms with Crippen molar-refractivity contribution in [1.29, 1.82) is 0 Å². The average Bonchev–Trinajstić information content (AvgIpc) is 3.06. The van der Waals surface area contributed by atoms with Crippen LogP contribution in [-0.2, 0) is 12.0 Å². The minimum Gasteiger partial charge on any atom is -0.262 e. The highest BCUT2D eigenvalue weighted by Crippen LogP contribution is 2.25. The van der Waals surface area contributed by atoms with E-state index in [0.29, 0.717) is 0 Å². The van der Waals surface area contributed by atoms with Gasteiger partial charge in [-0.05, 0) is 39.5 Å². The van der Waals surface area contributed by atoms with Crippen LogP contribution < -0.4 is 0 Å². The molecule has 5 nitrogen and oxygen atoms in total. The van der Waals surface area contributed by atoms with Crippen molar-refractivity contribution in [2.75, 3.05) is 12.0 Å². The molecule has 1 atom stereocenters. The summed E-state index contributed by atoms with van der Waals surface area (Å²) in [5, 5.41) is 9.14. The molecule has 0 aromatic carbocycles. The first-order valence-corrected chi connectivity index (χ1v) is 8.81. The van der Waals surface area contributed by atoms with Gasteiger partial charge in [-0.3, -0.25) is 4.68 Å². The summed E-state index contributed by atoms with van der Waals surface area (Å²) in [5.74, 6) is 2.98. The highest BCUT2D eigenvalue weighted by molar-refractivity contribution is 7.98. The standard InChI is InChI=1S/C15H25N5S/c1-6-12(19-10-7-9-16-19)14-17-13(8-11-21-5)18-20(14)15(2,3)4/h7,9-10,12H,6,8,11H2,1-5H3/t12-/m0/s1. The molecule has 0 aliphatic rings. The monoisotopic (exact) mass is 307 g/mol. The lowest BCUT2D eigenvalue weighted by molar-refractivity contribution is 0.318. The lowest BCUT2D eigenvalue weighted by Gasteiger charge is -2.24. The lowest BCUT2D eigenvalue weighted by Crippen LogP contribution is -2.28. The van der Waals surface area contributed by atoms with Gasteiger partial charge in [-0.1, -0.05) is 6.92 Å². The molecule has 0 fully saturated rings. The van der Waals surface area contributed by atoms with E-state index in [1.54, 1.807) is 0 Å². The zero-order chi connectivity index (χ0) is 15.5. The van der Waals surface area contributed by atoms with Crippen molar-refractivity contribution in [2.45, 2.75) is 52.1 Å². The smallest absolute Gasteiger partial charge is 0.152 e. The van der Waals surface area contributed by atoms with E-state index in [1.807, 2.05) is 34.9 Å². The van der Waals surface area contributed by atoms with Gasteiger partial charge in [-0.25, -0.2) is 9.67 Å². The van der Waals surface area contributed by atoms with Crippen LogP contribution in [-0.4, -0.2) is 36.6 Å². The summed E-state index contributed by atoms with van der Waals surface area (Å²) in [4.78, 5) is 4.82. The molecule has 2 aromatic rings. The van der Waals surface area contributed by atoms with Crippen LogP contribution in [0.1, 0.15) is 51.8 Å². The van der Waals surface area contributed by atoms with Crippen LogP contribution in [0.15, 0.2) is 18.5 Å². The second kappa shape index (κ2) is 6.64. The van der Waals surface area contributed by atoms with Gasteiger partial charge in [0, 0.05) is 24.6 Å². The van der Waals surface area contributed by atoms with Crippen molar-refractivity contribution in [1.82, 2.24) is 24.5 Å². The summed E-state index contributed by atoms with van der Waals surface area (Å²) >= 11 is 1.82. The maximum Gasteiger partial charge on any atom is 0.152 e. The zero-order valence-corrected chi connectivity index (χ0v) is 14.4. The fourth-order valence-electron chi connectivity index (χ4n) is 2.33. The number of nitrogens with zero attached hydrogens (tertiary/aromatic N) is 5. The minimum atomic E-state index is -0.0828. The maximum atomic E-state index is 4.82. The van der Waals surface area contributed by atoms with Gasteiger partial charge in [0.15, 0.2) is 11.6 Å². The fraction of sp³-hybridized carbons (Fsp3) is 0.667. The molecule has 0 N–H and O–H groups in total. The minimum absolute atomic E-state index is 0.0828. The predicted octanol–water partition coefficient (Wildman–Crippen LogP) is 3.13. The van der Waals surface area contributed by atoms with Crippen LogP contribution in [0.25, 0.3) is 0 Å². The van der Waals surface area contributed by atoms with E-state index >= 15 is 0 Å². The molecular formula is C15H25N5S. The first kappa shape index (κ1) is 16.1. The van der Waals surface area contributed by atoms with Gasteiger partial charge in [0.1, 0.15) is 6.04 Å². The van der Waals surface area contributed by atoms with Gasteiger partial charge in [-0.15, -0.1) is 0 Å². The van der Waals surface area contributed by atoms with E-state index in [9.17, 15) is 0 Å². The highest BCUT2D eigenvalue weighted by atomic mass is 32.2. The summed E-state index contributed by atoms with van der Waals surface area (Å²) in [6, 6.07) is 2.09. The molecule has 0 amide bonds. The van der Waals surface area contributed by atoms with Crippen molar-refractivity contribution in [3.63, 3.8) is 0 Å². The Morgan fingerprint density at radius 3 is 2.62 bits per heavy atom. The topological polar surface area (TPSA) is 48.5 Å². The Labute approximate surface area is 131 Å². The Kier molecular flexibility index (Phi) is 5.08. The van der Waals surface area contributed by atoms with E-state index in [1.165, 1.54) is 0 Å². The highest BCUT2D eigenvalue weighted by Gasteiger charge is 2.26. The van der Waals surface area contributed by atoms with Crippen LogP contribution in [0.4, 0.5) is 0 Å². The van der Waals surface area contributed by atoms with Crippen molar-refractivity contribution in [3.05, 3.63) is 30.1 Å². The van der Waals surface area contributed by atoms with Gasteiger partial charge in [-0.2, -0.15) is 22.0 Å². The quantitative estimate of drug-likeness (QED) is 0.822. The summed E-state index contributed by atoms with van der Waals surface area (Å²) < 4.78 is 4.04. The summed E-state index contributed by atoms with van der Waals surface area (Å²) in [7, 11) is 0. The third kappa shape index (κ3) is 3.67. The second-order valence-electron chi connectivity index (χ2n) is 6.12. The molecule has 0 radical (unpaired) electrons. The summed E-state index contributed by atoms with van der Waals surface area (Å²) in [6.45, 7) is 8.66. The molecule has 6 heteroatoms. The van der Waals surface area contributed by atoms with Crippen LogP contribution in [0.2, 0.25) is 0 Å². The van der Waals surface area contributed by atoms with Crippen LogP contribution in [0.3, 0.4) is 0 Å². The number of aromatic nitrogens is 5. The van der Waals surface area contributed by atoms with Crippen LogP contribution >= 0.6 is 11.8 Å². The molecule has 0 unspecified atom stereocenters. The van der Waals surface area contributed by atoms with Crippen molar-refractivity contribution < 1.29 is 0 Å². The summed E-state index contributed by atoms with van der Waals surface area (Å²) in [6.07, 6.45) is 7.78. The largest absolute Gasteiger partial charge is 0.262 e. The number of hydrogen-bond acceptors (Lipinski definition) is 4. The Morgan fingerprint density at radius 2 is 2.10 bits per heavy atom. The molecule has 0 aliphatic heterocycles. The number of thioether (sulfide) groups is 1. The fourth-order valence-corrected chi connectivity index (χ4v) is 2.72. The first-order valence-electron chi connectivity index (χ1n) is 7.41. The Bertz CT molecular complexity index is 553. The SMILES string of the molecule is CC[C@@H](c1nc(CCSC)nn1C(C)(C)C)n1cccn1. The van der Waals surface area contributed by atoms with E-state index in [4.69, 9.17) is 10.1 Å². The van der Waals surface area contributed by atoms with E-state index in [0.717, 1.165) is 30.2 Å². The van der Waals surface area contributed by atoms with Crippen LogP contribution in [0.5, 0.6) is 0 Å². The molecule has 0 bridgehead atoms. The first-order chi connectivity index (χ1) is 9.97. The Balaban J connectivity index is 2.42. The maximum absolute atomic E-state index is 4.82. The molecule has 2 heterocycles. The Hall–Kier alpha value is -1.30. The number of rotatable bonds is 6. The molecule has 2 aromatic heterocycles. The Morgan fingerprint density at radius 1 is 1.33 bits per heavy atom. The third-order valence-electron chi connectivity index (χ3n) is 3.37. The van der Waals surface area contributed by atoms with E-state index < -0.39 is 0 Å². The van der Waals surface area contributed by atoms with E-state index in [2.05, 4.69) is 43.7 Å². The number of hydrogen-bond donors (Lipinski definition) is 0. The van der Waals surface area contributed by atoms with Crippen LogP contribution in [0, 0.1) is 0 Å². The molecule has 116 valence electrons. The third-order valence-corrected chi connectivity index (χ3v) is 3.98. The lowest BCUT2D eigenvalue weighted by atomic mass is 10.1. The van der Waals surface area contributed by atoms with Crippen molar-refractivity contribution in [2.24, 2.45) is 0 Å².